The van der Waals surface area contributed by atoms with Crippen LogP contribution in [0.15, 0.2) is 36.4 Å². The highest BCUT2D eigenvalue weighted by molar-refractivity contribution is 5.44. The Hall–Kier alpha value is -2.50. The molecule has 5 nitrogen and oxygen atoms in total. The van der Waals surface area contributed by atoms with Crippen molar-refractivity contribution in [3.05, 3.63) is 63.6 Å². The third kappa shape index (κ3) is 3.25. The lowest BCUT2D eigenvalue weighted by Crippen LogP contribution is -2.03. The molecule has 1 heterocycles. The summed E-state index contributed by atoms with van der Waals surface area (Å²) >= 11 is 0. The molecular formula is C13H12FN3O2. The number of pyridine rings is 1. The van der Waals surface area contributed by atoms with Crippen molar-refractivity contribution in [2.45, 2.75) is 13.5 Å². The SMILES string of the molecule is Cc1ccc(CNc2cccc(F)n2)cc1[N+](=O)[O-]. The number of nitrogens with one attached hydrogen (secondary N) is 1. The van der Waals surface area contributed by atoms with E-state index in [1.807, 2.05) is 0 Å². The minimum atomic E-state index is -0.570. The summed E-state index contributed by atoms with van der Waals surface area (Å²) in [5.74, 6) is -0.178. The van der Waals surface area contributed by atoms with Gasteiger partial charge in [-0.25, -0.2) is 4.98 Å². The van der Waals surface area contributed by atoms with Gasteiger partial charge in [-0.3, -0.25) is 10.1 Å². The van der Waals surface area contributed by atoms with E-state index in [0.717, 1.165) is 5.56 Å². The first-order valence-electron chi connectivity index (χ1n) is 5.66. The maximum absolute atomic E-state index is 12.9. The lowest BCUT2D eigenvalue weighted by atomic mass is 10.1. The van der Waals surface area contributed by atoms with Gasteiger partial charge in [0.05, 0.1) is 4.92 Å². The zero-order chi connectivity index (χ0) is 13.8. The van der Waals surface area contributed by atoms with Gasteiger partial charge in [0.1, 0.15) is 5.82 Å². The highest BCUT2D eigenvalue weighted by Crippen LogP contribution is 2.19. The molecule has 0 radical (unpaired) electrons. The van der Waals surface area contributed by atoms with Crippen LogP contribution in [0.25, 0.3) is 0 Å². The zero-order valence-electron chi connectivity index (χ0n) is 10.3. The van der Waals surface area contributed by atoms with Gasteiger partial charge in [-0.1, -0.05) is 18.2 Å². The van der Waals surface area contributed by atoms with E-state index in [9.17, 15) is 14.5 Å². The molecule has 0 aliphatic carbocycles. The fraction of sp³-hybridized carbons (Fsp3) is 0.154. The smallest absolute Gasteiger partial charge is 0.272 e. The average Bonchev–Trinajstić information content (AvgIpc) is 2.37. The molecule has 0 aliphatic heterocycles. The standard InChI is InChI=1S/C13H12FN3O2/c1-9-5-6-10(7-11(9)17(18)19)8-15-13-4-2-3-12(14)16-13/h2-7H,8H2,1H3,(H,15,16). The van der Waals surface area contributed by atoms with Crippen LogP contribution in [0, 0.1) is 23.0 Å². The van der Waals surface area contributed by atoms with Crippen molar-refractivity contribution in [1.29, 1.82) is 0 Å². The Morgan fingerprint density at radius 3 is 2.84 bits per heavy atom. The fourth-order valence-corrected chi connectivity index (χ4v) is 1.66. The van der Waals surface area contributed by atoms with Crippen molar-refractivity contribution in [2.24, 2.45) is 0 Å². The van der Waals surface area contributed by atoms with Crippen LogP contribution in [0.3, 0.4) is 0 Å². The van der Waals surface area contributed by atoms with Crippen molar-refractivity contribution in [3.63, 3.8) is 0 Å². The van der Waals surface area contributed by atoms with Gasteiger partial charge in [0.25, 0.3) is 5.69 Å². The van der Waals surface area contributed by atoms with E-state index < -0.39 is 10.9 Å². The van der Waals surface area contributed by atoms with Gasteiger partial charge >= 0.3 is 0 Å². The fourth-order valence-electron chi connectivity index (χ4n) is 1.66. The molecule has 19 heavy (non-hydrogen) atoms. The Balaban J connectivity index is 2.12. The van der Waals surface area contributed by atoms with Crippen LogP contribution >= 0.6 is 0 Å². The number of nitrogens with zero attached hydrogens (tertiary/aromatic N) is 2. The predicted molar refractivity (Wildman–Crippen MR) is 69.4 cm³/mol. The summed E-state index contributed by atoms with van der Waals surface area (Å²) in [7, 11) is 0. The minimum Gasteiger partial charge on any atom is -0.366 e. The largest absolute Gasteiger partial charge is 0.366 e. The Morgan fingerprint density at radius 2 is 2.16 bits per heavy atom. The number of halogens is 1. The molecule has 0 amide bonds. The Kier molecular flexibility index (Phi) is 3.70. The first-order chi connectivity index (χ1) is 9.06. The third-order valence-electron chi connectivity index (χ3n) is 2.66. The van der Waals surface area contributed by atoms with Crippen molar-refractivity contribution in [2.75, 3.05) is 5.32 Å². The van der Waals surface area contributed by atoms with Crippen LogP contribution in [0.1, 0.15) is 11.1 Å². The maximum Gasteiger partial charge on any atom is 0.272 e. The molecule has 0 saturated heterocycles. The second kappa shape index (κ2) is 5.43. The monoisotopic (exact) mass is 261 g/mol. The molecule has 0 saturated carbocycles. The van der Waals surface area contributed by atoms with Gasteiger partial charge in [0.2, 0.25) is 5.95 Å². The van der Waals surface area contributed by atoms with Gasteiger partial charge in [0.15, 0.2) is 0 Å². The summed E-state index contributed by atoms with van der Waals surface area (Å²) in [5, 5.41) is 13.7. The van der Waals surface area contributed by atoms with Crippen LogP contribution in [-0.2, 0) is 6.54 Å². The number of aromatic nitrogens is 1. The molecule has 98 valence electrons. The third-order valence-corrected chi connectivity index (χ3v) is 2.66. The van der Waals surface area contributed by atoms with Gasteiger partial charge < -0.3 is 5.32 Å². The van der Waals surface area contributed by atoms with Gasteiger partial charge in [-0.2, -0.15) is 4.39 Å². The number of nitro benzene ring substituents is 1. The normalized spacial score (nSPS) is 10.2. The predicted octanol–water partition coefficient (Wildman–Crippen LogP) is 3.05. The molecule has 0 bridgehead atoms. The lowest BCUT2D eigenvalue weighted by molar-refractivity contribution is -0.385. The second-order valence-electron chi connectivity index (χ2n) is 4.08. The van der Waals surface area contributed by atoms with E-state index in [4.69, 9.17) is 0 Å². The summed E-state index contributed by atoms with van der Waals surface area (Å²) in [5.41, 5.74) is 1.42. The summed E-state index contributed by atoms with van der Waals surface area (Å²) in [6.45, 7) is 2.03. The molecule has 0 unspecified atom stereocenters. The number of anilines is 1. The number of hydrogen-bond acceptors (Lipinski definition) is 4. The van der Waals surface area contributed by atoms with Crippen molar-refractivity contribution < 1.29 is 9.31 Å². The molecule has 6 heteroatoms. The molecule has 0 atom stereocenters. The second-order valence-corrected chi connectivity index (χ2v) is 4.08. The molecular weight excluding hydrogens is 249 g/mol. The molecule has 1 aromatic heterocycles. The van der Waals surface area contributed by atoms with Crippen LogP contribution in [0.2, 0.25) is 0 Å². The number of aryl methyl sites for hydroxylation is 1. The first-order valence-corrected chi connectivity index (χ1v) is 5.66. The average molecular weight is 261 g/mol. The van der Waals surface area contributed by atoms with E-state index in [1.165, 1.54) is 12.1 Å². The van der Waals surface area contributed by atoms with Crippen LogP contribution in [0.4, 0.5) is 15.9 Å². The minimum absolute atomic E-state index is 0.0755. The Labute approximate surface area is 109 Å². The number of rotatable bonds is 4. The van der Waals surface area contributed by atoms with E-state index in [2.05, 4.69) is 10.3 Å². The van der Waals surface area contributed by atoms with E-state index in [1.54, 1.807) is 31.2 Å². The van der Waals surface area contributed by atoms with Crippen molar-refractivity contribution in [3.8, 4) is 0 Å². The number of hydrogen-bond donors (Lipinski definition) is 1. The van der Waals surface area contributed by atoms with E-state index in [0.29, 0.717) is 17.9 Å². The molecule has 2 rings (SSSR count). The first kappa shape index (κ1) is 12.9. The topological polar surface area (TPSA) is 68.1 Å². The summed E-state index contributed by atoms with van der Waals surface area (Å²) in [6, 6.07) is 9.40. The van der Waals surface area contributed by atoms with Gasteiger partial charge in [-0.15, -0.1) is 0 Å². The van der Waals surface area contributed by atoms with Crippen LogP contribution < -0.4 is 5.32 Å². The van der Waals surface area contributed by atoms with Gasteiger partial charge in [-0.05, 0) is 24.6 Å². The Morgan fingerprint density at radius 1 is 1.37 bits per heavy atom. The molecule has 1 aromatic carbocycles. The molecule has 1 N–H and O–H groups in total. The van der Waals surface area contributed by atoms with Crippen molar-refractivity contribution in [1.82, 2.24) is 4.98 Å². The highest BCUT2D eigenvalue weighted by Gasteiger charge is 2.10. The van der Waals surface area contributed by atoms with E-state index >= 15 is 0 Å². The van der Waals surface area contributed by atoms with Crippen LogP contribution in [0.5, 0.6) is 0 Å². The molecule has 0 fully saturated rings. The zero-order valence-corrected chi connectivity index (χ0v) is 10.3. The van der Waals surface area contributed by atoms with E-state index in [-0.39, 0.29) is 5.69 Å². The number of benzene rings is 1. The number of nitro groups is 1. The quantitative estimate of drug-likeness (QED) is 0.521. The van der Waals surface area contributed by atoms with Gasteiger partial charge in [0, 0.05) is 18.2 Å². The van der Waals surface area contributed by atoms with Crippen LogP contribution in [-0.4, -0.2) is 9.91 Å². The maximum atomic E-state index is 12.9. The Bertz CT molecular complexity index is 617. The van der Waals surface area contributed by atoms with Crippen molar-refractivity contribution >= 4 is 11.5 Å². The summed E-state index contributed by atoms with van der Waals surface area (Å²) in [4.78, 5) is 14.1. The highest BCUT2D eigenvalue weighted by atomic mass is 19.1. The summed E-state index contributed by atoms with van der Waals surface area (Å²) < 4.78 is 12.9. The molecule has 0 spiro atoms. The summed E-state index contributed by atoms with van der Waals surface area (Å²) in [6.07, 6.45) is 0. The molecule has 0 aliphatic rings. The lowest BCUT2D eigenvalue weighted by Gasteiger charge is -2.06. The molecule has 2 aromatic rings.